The number of nitrogens with one attached hydrogen (secondary N) is 1. The molecule has 1 atom stereocenters. The number of hydrogen-bond acceptors (Lipinski definition) is 3. The van der Waals surface area contributed by atoms with Crippen LogP contribution in [0.1, 0.15) is 53.2 Å². The third-order valence-electron chi connectivity index (χ3n) is 4.60. The molecule has 0 saturated heterocycles. The summed E-state index contributed by atoms with van der Waals surface area (Å²) in [5.74, 6) is -1.09. The fourth-order valence-electron chi connectivity index (χ4n) is 3.21. The Morgan fingerprint density at radius 2 is 1.76 bits per heavy atom. The lowest BCUT2D eigenvalue weighted by molar-refractivity contribution is 0.0689. The minimum absolute atomic E-state index is 0.0160. The van der Waals surface area contributed by atoms with Gasteiger partial charge in [0.05, 0.1) is 11.7 Å². The highest BCUT2D eigenvalue weighted by atomic mass is 79.9. The van der Waals surface area contributed by atoms with Gasteiger partial charge in [0.1, 0.15) is 0 Å². The molecule has 1 heterocycles. The van der Waals surface area contributed by atoms with Crippen molar-refractivity contribution < 1.29 is 9.90 Å². The largest absolute Gasteiger partial charge is 0.476 e. The first kappa shape index (κ1) is 21.7. The van der Waals surface area contributed by atoms with Gasteiger partial charge < -0.3 is 15.0 Å². The quantitative estimate of drug-likeness (QED) is 0.396. The molecule has 0 spiro atoms. The lowest BCUT2D eigenvalue weighted by Crippen LogP contribution is -2.21. The zero-order valence-corrected chi connectivity index (χ0v) is 19.2. The van der Waals surface area contributed by atoms with Crippen LogP contribution in [0.2, 0.25) is 10.0 Å². The maximum absolute atomic E-state index is 12.0. The van der Waals surface area contributed by atoms with Crippen molar-refractivity contribution >= 4 is 50.8 Å². The second-order valence-corrected chi connectivity index (χ2v) is 8.55. The number of aromatic carboxylic acids is 1. The van der Waals surface area contributed by atoms with E-state index in [9.17, 15) is 9.90 Å². The maximum atomic E-state index is 12.0. The van der Waals surface area contributed by atoms with Crippen molar-refractivity contribution in [3.63, 3.8) is 0 Å². The van der Waals surface area contributed by atoms with E-state index in [1.807, 2.05) is 55.7 Å². The number of aryl methyl sites for hydroxylation is 1. The minimum Gasteiger partial charge on any atom is -0.476 e. The Balaban J connectivity index is 2.25. The molecule has 29 heavy (non-hydrogen) atoms. The normalized spacial score (nSPS) is 12.2. The van der Waals surface area contributed by atoms with Crippen LogP contribution in [0.5, 0.6) is 0 Å². The fourth-order valence-corrected chi connectivity index (χ4v) is 4.29. The third kappa shape index (κ3) is 4.60. The molecule has 3 rings (SSSR count). The fraction of sp³-hybridized carbons (Fsp3) is 0.238. The number of anilines is 1. The van der Waals surface area contributed by atoms with Gasteiger partial charge in [0.2, 0.25) is 0 Å². The van der Waals surface area contributed by atoms with E-state index in [1.165, 1.54) is 0 Å². The number of rotatable bonds is 6. The molecule has 0 aliphatic carbocycles. The van der Waals surface area contributed by atoms with Crippen molar-refractivity contribution in [2.45, 2.75) is 32.9 Å². The first-order valence-electron chi connectivity index (χ1n) is 8.98. The molecule has 0 radical (unpaired) electrons. The first-order valence-corrected chi connectivity index (χ1v) is 10.5. The van der Waals surface area contributed by atoms with Crippen molar-refractivity contribution in [1.29, 1.82) is 0 Å². The van der Waals surface area contributed by atoms with Crippen molar-refractivity contribution in [2.24, 2.45) is 0 Å². The van der Waals surface area contributed by atoms with Gasteiger partial charge in [-0.25, -0.2) is 9.78 Å². The van der Waals surface area contributed by atoms with Crippen molar-refractivity contribution in [2.75, 3.05) is 5.32 Å². The summed E-state index contributed by atoms with van der Waals surface area (Å²) in [5.41, 5.74) is 3.17. The summed E-state index contributed by atoms with van der Waals surface area (Å²) in [6.07, 6.45) is 0. The van der Waals surface area contributed by atoms with Gasteiger partial charge >= 0.3 is 5.97 Å². The number of hydrogen-bond donors (Lipinski definition) is 2. The lowest BCUT2D eigenvalue weighted by Gasteiger charge is -2.25. The molecular weight excluding hydrogens is 477 g/mol. The molecule has 0 fully saturated rings. The van der Waals surface area contributed by atoms with E-state index >= 15 is 0 Å². The molecule has 0 saturated carbocycles. The molecule has 1 aromatic heterocycles. The monoisotopic (exact) mass is 495 g/mol. The minimum atomic E-state index is -1.09. The van der Waals surface area contributed by atoms with Crippen LogP contribution in [-0.4, -0.2) is 20.6 Å². The van der Waals surface area contributed by atoms with E-state index in [0.29, 0.717) is 20.5 Å². The molecule has 8 heteroatoms. The number of carboxylic acids is 1. The average molecular weight is 497 g/mol. The van der Waals surface area contributed by atoms with E-state index in [-0.39, 0.29) is 11.7 Å². The smallest absolute Gasteiger partial charge is 0.356 e. The zero-order chi connectivity index (χ0) is 21.3. The Hall–Kier alpha value is -2.02. The Kier molecular flexibility index (Phi) is 6.56. The summed E-state index contributed by atoms with van der Waals surface area (Å²) in [6, 6.07) is 12.4. The highest BCUT2D eigenvalue weighted by Gasteiger charge is 2.30. The van der Waals surface area contributed by atoms with Crippen LogP contribution >= 0.6 is 39.1 Å². The maximum Gasteiger partial charge on any atom is 0.356 e. The van der Waals surface area contributed by atoms with E-state index in [1.54, 1.807) is 12.1 Å². The van der Waals surface area contributed by atoms with Gasteiger partial charge in [0.25, 0.3) is 0 Å². The average Bonchev–Trinajstić information content (AvgIpc) is 3.01. The molecule has 2 aromatic carbocycles. The van der Waals surface area contributed by atoms with Crippen LogP contribution in [0.3, 0.4) is 0 Å². The standard InChI is InChI=1S/C21H20BrCl2N3O2/c1-11(2)27-19(18(20(28)29)26-21(27)22)17(13-5-8-14(23)9-6-13)25-16-10-15(24)7-4-12(16)3/h4-11,17,25H,1-3H3,(H,28,29). The van der Waals surface area contributed by atoms with Gasteiger partial charge in [0.15, 0.2) is 10.4 Å². The molecular formula is C21H20BrCl2N3O2. The Morgan fingerprint density at radius 1 is 1.14 bits per heavy atom. The molecule has 0 amide bonds. The lowest BCUT2D eigenvalue weighted by atomic mass is 10.00. The van der Waals surface area contributed by atoms with Crippen LogP contribution in [-0.2, 0) is 0 Å². The van der Waals surface area contributed by atoms with Gasteiger partial charge in [-0.3, -0.25) is 0 Å². The summed E-state index contributed by atoms with van der Waals surface area (Å²) in [7, 11) is 0. The Labute approximate surface area is 187 Å². The topological polar surface area (TPSA) is 67.2 Å². The van der Waals surface area contributed by atoms with E-state index in [0.717, 1.165) is 16.8 Å². The molecule has 5 nitrogen and oxygen atoms in total. The summed E-state index contributed by atoms with van der Waals surface area (Å²) < 4.78 is 2.33. The van der Waals surface area contributed by atoms with Crippen LogP contribution in [0, 0.1) is 6.92 Å². The summed E-state index contributed by atoms with van der Waals surface area (Å²) in [4.78, 5) is 16.3. The Morgan fingerprint density at radius 3 is 2.34 bits per heavy atom. The van der Waals surface area contributed by atoms with Crippen LogP contribution in [0.4, 0.5) is 5.69 Å². The zero-order valence-electron chi connectivity index (χ0n) is 16.1. The second-order valence-electron chi connectivity index (χ2n) is 6.97. The molecule has 0 aliphatic heterocycles. The van der Waals surface area contributed by atoms with E-state index in [2.05, 4.69) is 26.2 Å². The Bertz CT molecular complexity index is 1050. The van der Waals surface area contributed by atoms with E-state index < -0.39 is 12.0 Å². The molecule has 1 unspecified atom stereocenters. The van der Waals surface area contributed by atoms with Gasteiger partial charge in [-0.05, 0) is 72.1 Å². The summed E-state index contributed by atoms with van der Waals surface area (Å²) in [6.45, 7) is 5.92. The number of aromatic nitrogens is 2. The second kappa shape index (κ2) is 8.78. The van der Waals surface area contributed by atoms with E-state index in [4.69, 9.17) is 23.2 Å². The molecule has 3 aromatic rings. The number of nitrogens with zero attached hydrogens (tertiary/aromatic N) is 2. The number of carboxylic acid groups (broad SMARTS) is 1. The van der Waals surface area contributed by atoms with Crippen LogP contribution in [0.15, 0.2) is 47.2 Å². The predicted octanol–water partition coefficient (Wildman–Crippen LogP) is 6.74. The number of halogens is 3. The number of carbonyl (C=O) groups is 1. The number of benzene rings is 2. The molecule has 2 N–H and O–H groups in total. The predicted molar refractivity (Wildman–Crippen MR) is 120 cm³/mol. The molecule has 152 valence electrons. The summed E-state index contributed by atoms with van der Waals surface area (Å²) >= 11 is 15.7. The highest BCUT2D eigenvalue weighted by molar-refractivity contribution is 9.10. The SMILES string of the molecule is Cc1ccc(Cl)cc1NC(c1ccc(Cl)cc1)c1c(C(=O)O)nc(Br)n1C(C)C. The van der Waals surface area contributed by atoms with Crippen molar-refractivity contribution in [3.05, 3.63) is 79.8 Å². The van der Waals surface area contributed by atoms with Gasteiger partial charge in [0, 0.05) is 21.8 Å². The highest BCUT2D eigenvalue weighted by Crippen LogP contribution is 2.35. The van der Waals surface area contributed by atoms with Gasteiger partial charge in [-0.15, -0.1) is 0 Å². The van der Waals surface area contributed by atoms with Crippen molar-refractivity contribution in [1.82, 2.24) is 9.55 Å². The van der Waals surface area contributed by atoms with Gasteiger partial charge in [-0.2, -0.15) is 0 Å². The first-order chi connectivity index (χ1) is 13.7. The van der Waals surface area contributed by atoms with Crippen LogP contribution in [0.25, 0.3) is 0 Å². The number of imidazole rings is 1. The third-order valence-corrected chi connectivity index (χ3v) is 5.65. The molecule has 0 aliphatic rings. The van der Waals surface area contributed by atoms with Gasteiger partial charge in [-0.1, -0.05) is 41.4 Å². The van der Waals surface area contributed by atoms with Crippen molar-refractivity contribution in [3.8, 4) is 0 Å². The summed E-state index contributed by atoms with van der Waals surface area (Å²) in [5, 5.41) is 14.5. The molecule has 0 bridgehead atoms. The van der Waals surface area contributed by atoms with Crippen LogP contribution < -0.4 is 5.32 Å².